The quantitative estimate of drug-likeness (QED) is 0.243. The largest absolute Gasteiger partial charge is 0.154 e. The molecule has 0 saturated carbocycles. The predicted molar refractivity (Wildman–Crippen MR) is 35.7 cm³/mol. The minimum absolute atomic E-state index is 1.13. The van der Waals surface area contributed by atoms with E-state index in [1.54, 1.807) is 0 Å². The molecule has 0 fully saturated rings. The molecule has 0 aromatic carbocycles. The summed E-state index contributed by atoms with van der Waals surface area (Å²) >= 11 is 2.36. The van der Waals surface area contributed by atoms with Crippen LogP contribution in [-0.4, -0.2) is 11.7 Å². The van der Waals surface area contributed by atoms with Gasteiger partial charge in [-0.3, -0.25) is 0 Å². The lowest BCUT2D eigenvalue weighted by atomic mass is 10.8. The molecule has 0 N–H and O–H groups in total. The molecule has 0 radical (unpaired) electrons. The molecule has 0 aromatic heterocycles. The van der Waals surface area contributed by atoms with E-state index in [1.807, 2.05) is 0 Å². The van der Waals surface area contributed by atoms with E-state index in [-0.39, 0.29) is 0 Å². The van der Waals surface area contributed by atoms with Crippen molar-refractivity contribution in [2.45, 2.75) is 0 Å². The molecule has 0 saturated heterocycles. The Kier molecular flexibility index (Phi) is 5.52. The smallest absolute Gasteiger partial charge is 0.131 e. The monoisotopic (exact) mass is 186 g/mol. The molecular weight excluding hydrogens is 181 g/mol. The molecule has 0 aliphatic rings. The van der Waals surface area contributed by atoms with Crippen LogP contribution in [0.15, 0.2) is 0 Å². The van der Waals surface area contributed by atoms with E-state index in [0.29, 0.717) is 0 Å². The normalized spacial score (nSPS) is 10.2. The van der Waals surface area contributed by atoms with E-state index in [0.717, 1.165) is 8.46 Å². The third-order valence-corrected chi connectivity index (χ3v) is 2.69. The molecule has 0 aromatic rings. The fraction of sp³-hybridized carbons (Fsp3) is 1.00. The van der Waals surface area contributed by atoms with Crippen LogP contribution >= 0.6 is 31.1 Å². The van der Waals surface area contributed by atoms with Gasteiger partial charge in [0, 0.05) is 4.17 Å². The average Bonchev–Trinajstić information content (AvgIpc) is 1.37. The maximum absolute atomic E-state index is 2.36. The van der Waals surface area contributed by atoms with E-state index < -0.39 is 0 Å². The van der Waals surface area contributed by atoms with Crippen molar-refractivity contribution < 1.29 is 0 Å². The van der Waals surface area contributed by atoms with Crippen molar-refractivity contribution in [2.75, 3.05) is 4.17 Å². The van der Waals surface area contributed by atoms with Gasteiger partial charge in [-0.2, -0.15) is 8.46 Å². The molecule has 24 valence electrons. The zero-order valence-corrected chi connectivity index (χ0v) is 5.74. The maximum atomic E-state index is 2.36. The van der Waals surface area contributed by atoms with Crippen molar-refractivity contribution in [1.82, 2.24) is 0 Å². The maximum Gasteiger partial charge on any atom is 0.131 e. The van der Waals surface area contributed by atoms with Gasteiger partial charge in [0.2, 0.25) is 0 Å². The summed E-state index contributed by atoms with van der Waals surface area (Å²) < 4.78 is 1.32. The lowest BCUT2D eigenvalue weighted by Gasteiger charge is -1.67. The van der Waals surface area contributed by atoms with Crippen molar-refractivity contribution >= 4 is 38.6 Å². The molecule has 0 rings (SSSR count). The molecule has 0 amide bonds. The van der Waals surface area contributed by atoms with Gasteiger partial charge in [-0.25, -0.2) is 0 Å². The lowest BCUT2D eigenvalue weighted by molar-refractivity contribution is 2.43. The molecule has 1 unspecified atom stereocenters. The molecule has 1 atom stereocenters. The fourth-order valence-electron chi connectivity index (χ4n) is 0. The van der Waals surface area contributed by atoms with Crippen molar-refractivity contribution in [1.29, 1.82) is 0 Å². The average molecular weight is 186 g/mol. The summed E-state index contributed by atoms with van der Waals surface area (Å²) in [5.74, 6) is 0. The Balaban J connectivity index is 1.97. The van der Waals surface area contributed by atoms with Crippen molar-refractivity contribution in [3.8, 4) is 0 Å². The molecule has 0 aliphatic heterocycles. The van der Waals surface area contributed by atoms with E-state index in [1.165, 1.54) is 4.17 Å². The predicted octanol–water partition coefficient (Wildman–Crippen LogP) is 0.605. The van der Waals surface area contributed by atoms with Crippen LogP contribution < -0.4 is 0 Å². The van der Waals surface area contributed by atoms with Gasteiger partial charge in [-0.05, 0) is 0 Å². The van der Waals surface area contributed by atoms with Crippen LogP contribution in [0.3, 0.4) is 0 Å². The Morgan fingerprint density at radius 2 is 2.25 bits per heavy atom. The first-order valence-corrected chi connectivity index (χ1v) is 4.35. The van der Waals surface area contributed by atoms with Crippen LogP contribution in [0, 0.1) is 0 Å². The molecular formula is CH5BIP. The Morgan fingerprint density at radius 1 is 2.00 bits per heavy atom. The summed E-state index contributed by atoms with van der Waals surface area (Å²) in [6, 6.07) is 0. The first-order chi connectivity index (χ1) is 1.91. The van der Waals surface area contributed by atoms with E-state index in [9.17, 15) is 0 Å². The summed E-state index contributed by atoms with van der Waals surface area (Å²) in [4.78, 5) is 0. The van der Waals surface area contributed by atoms with Gasteiger partial charge in [0.1, 0.15) is 7.57 Å². The summed E-state index contributed by atoms with van der Waals surface area (Å²) in [6.07, 6.45) is 0. The zero-order valence-electron chi connectivity index (χ0n) is 2.59. The van der Waals surface area contributed by atoms with Crippen LogP contribution in [0.1, 0.15) is 0 Å². The fourth-order valence-corrected chi connectivity index (χ4v) is 0. The van der Waals surface area contributed by atoms with Crippen LogP contribution in [0.4, 0.5) is 0 Å². The third-order valence-electron chi connectivity index (χ3n) is 0.134. The SMILES string of the molecule is BPCI. The Morgan fingerprint density at radius 3 is 2.25 bits per heavy atom. The van der Waals surface area contributed by atoms with E-state index >= 15 is 0 Å². The number of halogens is 1. The highest BCUT2D eigenvalue weighted by Crippen LogP contribution is 2.02. The standard InChI is InChI=1S/CH5BIP/c2-4-1-3/h4H,1-2H2. The van der Waals surface area contributed by atoms with Crippen molar-refractivity contribution in [3.63, 3.8) is 0 Å². The van der Waals surface area contributed by atoms with Gasteiger partial charge >= 0.3 is 0 Å². The molecule has 0 heterocycles. The van der Waals surface area contributed by atoms with Gasteiger partial charge in [-0.1, -0.05) is 22.6 Å². The summed E-state index contributed by atoms with van der Waals surface area (Å²) in [5, 5.41) is 0. The zero-order chi connectivity index (χ0) is 3.41. The first-order valence-electron chi connectivity index (χ1n) is 1.12. The second kappa shape index (κ2) is 4.22. The van der Waals surface area contributed by atoms with Gasteiger partial charge in [0.05, 0.1) is 0 Å². The van der Waals surface area contributed by atoms with Gasteiger partial charge in [-0.15, -0.1) is 0 Å². The topological polar surface area (TPSA) is 0 Å². The minimum atomic E-state index is 1.13. The number of rotatable bonds is 1. The molecule has 0 spiro atoms. The van der Waals surface area contributed by atoms with Gasteiger partial charge in [0.15, 0.2) is 0 Å². The summed E-state index contributed by atoms with van der Waals surface area (Å²) in [5.41, 5.74) is 0. The van der Waals surface area contributed by atoms with Gasteiger partial charge in [0.25, 0.3) is 0 Å². The van der Waals surface area contributed by atoms with Crippen LogP contribution in [0.25, 0.3) is 0 Å². The Labute approximate surface area is 43.0 Å². The third kappa shape index (κ3) is 3.22. The second-order valence-corrected chi connectivity index (χ2v) is 3.75. The molecule has 3 heteroatoms. The number of hydrogen-bond donors (Lipinski definition) is 0. The van der Waals surface area contributed by atoms with Crippen LogP contribution in [0.2, 0.25) is 0 Å². The van der Waals surface area contributed by atoms with Gasteiger partial charge < -0.3 is 0 Å². The van der Waals surface area contributed by atoms with Crippen LogP contribution in [0.5, 0.6) is 0 Å². The van der Waals surface area contributed by atoms with Crippen molar-refractivity contribution in [3.05, 3.63) is 0 Å². The Hall–Kier alpha value is 1.22. The van der Waals surface area contributed by atoms with Crippen LogP contribution in [-0.2, 0) is 0 Å². The number of alkyl halides is 1. The molecule has 0 aliphatic carbocycles. The summed E-state index contributed by atoms with van der Waals surface area (Å²) in [7, 11) is 3.33. The first kappa shape index (κ1) is 5.22. The second-order valence-electron chi connectivity index (χ2n) is 0.487. The molecule has 4 heavy (non-hydrogen) atoms. The highest BCUT2D eigenvalue weighted by molar-refractivity contribution is 14.1. The minimum Gasteiger partial charge on any atom is -0.154 e. The summed E-state index contributed by atoms with van der Waals surface area (Å²) in [6.45, 7) is 0. The lowest BCUT2D eigenvalue weighted by Crippen LogP contribution is -1.41. The van der Waals surface area contributed by atoms with Crippen molar-refractivity contribution in [2.24, 2.45) is 0 Å². The van der Waals surface area contributed by atoms with E-state index in [2.05, 4.69) is 30.2 Å². The molecule has 0 bridgehead atoms. The number of hydrogen-bond acceptors (Lipinski definition) is 0. The highest BCUT2D eigenvalue weighted by atomic mass is 127. The highest BCUT2D eigenvalue weighted by Gasteiger charge is 1.58. The Bertz CT molecular complexity index is 10.0. The molecule has 0 nitrogen and oxygen atoms in total. The van der Waals surface area contributed by atoms with E-state index in [4.69, 9.17) is 0 Å².